The maximum Gasteiger partial charge on any atom is 0.138 e. The van der Waals surface area contributed by atoms with E-state index < -0.39 is 0 Å². The molecule has 2 aromatic rings. The predicted molar refractivity (Wildman–Crippen MR) is 116 cm³/mol. The standard InChI is InChI=1S/C25H31ClO2/c1-19(27)8-2-3-9-20-14-16-21(17-15-20)22-10-4-5-11-23(18-22)28-25-13-7-6-12-24(25)26/h6-7,12-17,22-23H,2-5,8-11,18H2,1H3. The molecule has 2 unspecified atom stereocenters. The lowest BCUT2D eigenvalue weighted by atomic mass is 9.90. The zero-order valence-electron chi connectivity index (χ0n) is 16.8. The summed E-state index contributed by atoms with van der Waals surface area (Å²) in [6.45, 7) is 1.67. The zero-order valence-corrected chi connectivity index (χ0v) is 17.6. The van der Waals surface area contributed by atoms with Gasteiger partial charge in [0.05, 0.1) is 11.1 Å². The van der Waals surface area contributed by atoms with Crippen LogP contribution < -0.4 is 4.74 Å². The normalized spacial score (nSPS) is 19.8. The summed E-state index contributed by atoms with van der Waals surface area (Å²) in [4.78, 5) is 11.0. The number of benzene rings is 2. The van der Waals surface area contributed by atoms with Gasteiger partial charge in [0, 0.05) is 6.42 Å². The molecule has 2 aromatic carbocycles. The van der Waals surface area contributed by atoms with Gasteiger partial charge >= 0.3 is 0 Å². The molecule has 0 amide bonds. The molecule has 28 heavy (non-hydrogen) atoms. The fourth-order valence-electron chi connectivity index (χ4n) is 4.10. The van der Waals surface area contributed by atoms with Crippen LogP contribution in [0.15, 0.2) is 48.5 Å². The Morgan fingerprint density at radius 3 is 2.54 bits per heavy atom. The van der Waals surface area contributed by atoms with Crippen molar-refractivity contribution in [3.05, 3.63) is 64.7 Å². The number of hydrogen-bond acceptors (Lipinski definition) is 2. The van der Waals surface area contributed by atoms with Crippen molar-refractivity contribution in [1.82, 2.24) is 0 Å². The van der Waals surface area contributed by atoms with Crippen LogP contribution in [0.2, 0.25) is 5.02 Å². The van der Waals surface area contributed by atoms with Crippen molar-refractivity contribution in [2.24, 2.45) is 0 Å². The topological polar surface area (TPSA) is 26.3 Å². The minimum Gasteiger partial charge on any atom is -0.489 e. The lowest BCUT2D eigenvalue weighted by Gasteiger charge is -2.22. The molecule has 0 bridgehead atoms. The Balaban J connectivity index is 1.57. The summed E-state index contributed by atoms with van der Waals surface area (Å²) < 4.78 is 6.27. The van der Waals surface area contributed by atoms with Crippen LogP contribution in [0.4, 0.5) is 0 Å². The van der Waals surface area contributed by atoms with E-state index in [1.165, 1.54) is 30.4 Å². The number of ether oxygens (including phenoxy) is 1. The number of halogens is 1. The molecule has 0 saturated heterocycles. The molecular weight excluding hydrogens is 368 g/mol. The monoisotopic (exact) mass is 398 g/mol. The summed E-state index contributed by atoms with van der Waals surface area (Å²) in [5.41, 5.74) is 2.78. The SMILES string of the molecule is CC(=O)CCCCc1ccc(C2CCCCC(Oc3ccccc3Cl)C2)cc1. The number of unbranched alkanes of at least 4 members (excludes halogenated alkanes) is 1. The van der Waals surface area contributed by atoms with Gasteiger partial charge in [-0.25, -0.2) is 0 Å². The van der Waals surface area contributed by atoms with Gasteiger partial charge in [-0.3, -0.25) is 0 Å². The molecule has 3 rings (SSSR count). The third-order valence-corrected chi connectivity index (χ3v) is 6.01. The van der Waals surface area contributed by atoms with Crippen molar-refractivity contribution < 1.29 is 9.53 Å². The Bertz CT molecular complexity index is 753. The zero-order chi connectivity index (χ0) is 19.8. The largest absolute Gasteiger partial charge is 0.489 e. The number of Topliss-reactive ketones (excluding diaryl/α,β-unsaturated/α-hetero) is 1. The van der Waals surface area contributed by atoms with Gasteiger partial charge in [-0.2, -0.15) is 0 Å². The van der Waals surface area contributed by atoms with Gasteiger partial charge in [-0.05, 0) is 81.0 Å². The van der Waals surface area contributed by atoms with Crippen LogP contribution in [-0.2, 0) is 11.2 Å². The Kier molecular flexibility index (Phi) is 7.97. The first-order chi connectivity index (χ1) is 13.6. The average molecular weight is 399 g/mol. The first kappa shape index (κ1) is 20.9. The van der Waals surface area contributed by atoms with Gasteiger partial charge < -0.3 is 9.53 Å². The molecule has 1 aliphatic rings. The van der Waals surface area contributed by atoms with Crippen LogP contribution in [0, 0.1) is 0 Å². The molecule has 0 heterocycles. The molecule has 150 valence electrons. The maximum absolute atomic E-state index is 11.0. The molecule has 1 aliphatic carbocycles. The van der Waals surface area contributed by atoms with Crippen LogP contribution in [0.25, 0.3) is 0 Å². The highest BCUT2D eigenvalue weighted by Crippen LogP contribution is 2.35. The number of ketones is 1. The van der Waals surface area contributed by atoms with Crippen molar-refractivity contribution in [1.29, 1.82) is 0 Å². The van der Waals surface area contributed by atoms with Crippen molar-refractivity contribution >= 4 is 17.4 Å². The van der Waals surface area contributed by atoms with E-state index in [-0.39, 0.29) is 11.9 Å². The third-order valence-electron chi connectivity index (χ3n) is 5.70. The average Bonchev–Trinajstić information content (AvgIpc) is 2.93. The van der Waals surface area contributed by atoms with Gasteiger partial charge in [0.1, 0.15) is 11.5 Å². The van der Waals surface area contributed by atoms with E-state index in [0.717, 1.165) is 37.9 Å². The third kappa shape index (κ3) is 6.38. The van der Waals surface area contributed by atoms with Crippen molar-refractivity contribution in [2.45, 2.75) is 76.7 Å². The van der Waals surface area contributed by atoms with E-state index in [9.17, 15) is 4.79 Å². The first-order valence-corrected chi connectivity index (χ1v) is 11.0. The van der Waals surface area contributed by atoms with Crippen LogP contribution in [-0.4, -0.2) is 11.9 Å². The number of para-hydroxylation sites is 1. The van der Waals surface area contributed by atoms with Crippen molar-refractivity contribution in [3.63, 3.8) is 0 Å². The van der Waals surface area contributed by atoms with Crippen molar-refractivity contribution in [3.8, 4) is 5.75 Å². The molecular formula is C25H31ClO2. The summed E-state index contributed by atoms with van der Waals surface area (Å²) in [7, 11) is 0. The maximum atomic E-state index is 11.0. The highest BCUT2D eigenvalue weighted by Gasteiger charge is 2.23. The molecule has 2 nitrogen and oxygen atoms in total. The smallest absolute Gasteiger partial charge is 0.138 e. The first-order valence-electron chi connectivity index (χ1n) is 10.6. The molecule has 3 heteroatoms. The predicted octanol–water partition coefficient (Wildman–Crippen LogP) is 7.14. The second-order valence-electron chi connectivity index (χ2n) is 8.04. The van der Waals surface area contributed by atoms with Crippen molar-refractivity contribution in [2.75, 3.05) is 0 Å². The highest BCUT2D eigenvalue weighted by molar-refractivity contribution is 6.32. The number of carbonyl (C=O) groups excluding carboxylic acids is 1. The van der Waals surface area contributed by atoms with Crippen LogP contribution in [0.1, 0.15) is 75.3 Å². The second-order valence-corrected chi connectivity index (χ2v) is 8.45. The number of carbonyl (C=O) groups is 1. The lowest BCUT2D eigenvalue weighted by Crippen LogP contribution is -2.18. The van der Waals surface area contributed by atoms with Gasteiger partial charge in [0.2, 0.25) is 0 Å². The van der Waals surface area contributed by atoms with Crippen LogP contribution in [0.3, 0.4) is 0 Å². The number of rotatable bonds is 8. The van der Waals surface area contributed by atoms with E-state index in [4.69, 9.17) is 16.3 Å². The highest BCUT2D eigenvalue weighted by atomic mass is 35.5. The molecule has 1 fully saturated rings. The minimum absolute atomic E-state index is 0.221. The van der Waals surface area contributed by atoms with Gasteiger partial charge in [-0.1, -0.05) is 54.4 Å². The summed E-state index contributed by atoms with van der Waals surface area (Å²) in [5.74, 6) is 1.63. The van der Waals surface area contributed by atoms with Crippen LogP contribution >= 0.6 is 11.6 Å². The molecule has 0 N–H and O–H groups in total. The second kappa shape index (κ2) is 10.7. The molecule has 0 aliphatic heterocycles. The van der Waals surface area contributed by atoms with Gasteiger partial charge in [0.25, 0.3) is 0 Å². The minimum atomic E-state index is 0.221. The van der Waals surface area contributed by atoms with Gasteiger partial charge in [-0.15, -0.1) is 0 Å². The molecule has 0 spiro atoms. The Morgan fingerprint density at radius 1 is 1.04 bits per heavy atom. The van der Waals surface area contributed by atoms with Gasteiger partial charge in [0.15, 0.2) is 0 Å². The quantitative estimate of drug-likeness (QED) is 0.349. The molecule has 1 saturated carbocycles. The van der Waals surface area contributed by atoms with E-state index in [2.05, 4.69) is 24.3 Å². The molecule has 0 radical (unpaired) electrons. The van der Waals surface area contributed by atoms with E-state index in [1.54, 1.807) is 6.92 Å². The Morgan fingerprint density at radius 2 is 1.79 bits per heavy atom. The van der Waals surface area contributed by atoms with E-state index >= 15 is 0 Å². The summed E-state index contributed by atoms with van der Waals surface area (Å²) in [5, 5.41) is 0.692. The van der Waals surface area contributed by atoms with E-state index in [1.807, 2.05) is 24.3 Å². The lowest BCUT2D eigenvalue weighted by molar-refractivity contribution is -0.117. The molecule has 0 aromatic heterocycles. The summed E-state index contributed by atoms with van der Waals surface area (Å²) in [6.07, 6.45) is 9.86. The van der Waals surface area contributed by atoms with E-state index in [0.29, 0.717) is 17.4 Å². The fourth-order valence-corrected chi connectivity index (χ4v) is 4.29. The molecule has 2 atom stereocenters. The summed E-state index contributed by atoms with van der Waals surface area (Å²) >= 11 is 6.28. The van der Waals surface area contributed by atoms with Crippen LogP contribution in [0.5, 0.6) is 5.75 Å². The fraction of sp³-hybridized carbons (Fsp3) is 0.480. The number of aryl methyl sites for hydroxylation is 1. The number of hydrogen-bond donors (Lipinski definition) is 0. The Hall–Kier alpha value is -1.80. The summed E-state index contributed by atoms with van der Waals surface area (Å²) in [6, 6.07) is 16.9. The Labute approximate surface area is 174 Å².